The first-order valence-corrected chi connectivity index (χ1v) is 9.13. The van der Waals surface area contributed by atoms with Crippen LogP contribution in [0.1, 0.15) is 12.5 Å². The summed E-state index contributed by atoms with van der Waals surface area (Å²) >= 11 is 1.30. The van der Waals surface area contributed by atoms with Gasteiger partial charge in [-0.15, -0.1) is 5.10 Å². The molecule has 27 heavy (non-hydrogen) atoms. The van der Waals surface area contributed by atoms with E-state index in [0.717, 1.165) is 11.1 Å². The second-order valence-electron chi connectivity index (χ2n) is 5.62. The minimum absolute atomic E-state index is 0.198. The molecule has 0 saturated heterocycles. The topological polar surface area (TPSA) is 78.6 Å². The lowest BCUT2D eigenvalue weighted by Gasteiger charge is -2.09. The van der Waals surface area contributed by atoms with Crippen LogP contribution in [0.5, 0.6) is 11.5 Å². The average molecular weight is 380 g/mol. The van der Waals surface area contributed by atoms with Crippen LogP contribution in [0.25, 0.3) is 22.4 Å². The van der Waals surface area contributed by atoms with Crippen LogP contribution in [-0.4, -0.2) is 33.3 Å². The number of ether oxygens (including phenoxy) is 2. The van der Waals surface area contributed by atoms with Gasteiger partial charge in [-0.05, 0) is 42.8 Å². The second kappa shape index (κ2) is 7.16. The van der Waals surface area contributed by atoms with Crippen molar-refractivity contribution in [3.63, 3.8) is 0 Å². The van der Waals surface area contributed by atoms with Gasteiger partial charge in [-0.3, -0.25) is 9.78 Å². The molecule has 136 valence electrons. The summed E-state index contributed by atoms with van der Waals surface area (Å²) in [5.41, 5.74) is 1.46. The number of aromatic nitrogens is 4. The average Bonchev–Trinajstić information content (AvgIpc) is 3.24. The van der Waals surface area contributed by atoms with Crippen molar-refractivity contribution in [2.75, 3.05) is 13.7 Å². The highest BCUT2D eigenvalue weighted by Crippen LogP contribution is 2.28. The van der Waals surface area contributed by atoms with Crippen molar-refractivity contribution < 1.29 is 9.47 Å². The highest BCUT2D eigenvalue weighted by molar-refractivity contribution is 7.15. The molecule has 0 bridgehead atoms. The first-order valence-electron chi connectivity index (χ1n) is 8.32. The van der Waals surface area contributed by atoms with E-state index in [9.17, 15) is 4.79 Å². The predicted octanol–water partition coefficient (Wildman–Crippen LogP) is 2.17. The predicted molar refractivity (Wildman–Crippen MR) is 103 cm³/mol. The molecule has 4 rings (SSSR count). The van der Waals surface area contributed by atoms with E-state index in [4.69, 9.17) is 9.47 Å². The molecule has 0 amide bonds. The lowest BCUT2D eigenvalue weighted by atomic mass is 10.2. The summed E-state index contributed by atoms with van der Waals surface area (Å²) < 4.78 is 12.8. The van der Waals surface area contributed by atoms with E-state index in [-0.39, 0.29) is 5.56 Å². The van der Waals surface area contributed by atoms with Gasteiger partial charge in [0.2, 0.25) is 4.96 Å². The molecule has 8 heteroatoms. The smallest absolute Gasteiger partial charge is 0.291 e. The van der Waals surface area contributed by atoms with Gasteiger partial charge in [-0.1, -0.05) is 17.4 Å². The third-order valence-electron chi connectivity index (χ3n) is 3.91. The number of nitrogens with zero attached hydrogens (tertiary/aromatic N) is 4. The molecular weight excluding hydrogens is 364 g/mol. The van der Waals surface area contributed by atoms with Crippen molar-refractivity contribution in [3.05, 3.63) is 63.2 Å². The molecule has 0 unspecified atom stereocenters. The number of fused-ring (bicyclic) bond motifs is 1. The normalized spacial score (nSPS) is 11.9. The molecule has 1 aromatic carbocycles. The highest BCUT2D eigenvalue weighted by Gasteiger charge is 2.12. The summed E-state index contributed by atoms with van der Waals surface area (Å²) in [6, 6.07) is 9.16. The molecule has 0 N–H and O–H groups in total. The van der Waals surface area contributed by atoms with E-state index in [0.29, 0.717) is 33.4 Å². The standard InChI is InChI=1S/C19H16N4O3S/c1-3-26-14-5-4-12(10-15(14)25-2)11-16-18(24)23-19(27-16)21-17(22-23)13-6-8-20-9-7-13/h4-11H,3H2,1-2H3/b16-11-. The lowest BCUT2D eigenvalue weighted by Crippen LogP contribution is -2.23. The molecule has 0 aliphatic rings. The summed E-state index contributed by atoms with van der Waals surface area (Å²) in [5, 5.41) is 4.33. The number of thiazole rings is 1. The van der Waals surface area contributed by atoms with Crippen molar-refractivity contribution in [1.82, 2.24) is 19.6 Å². The van der Waals surface area contributed by atoms with Crippen LogP contribution in [-0.2, 0) is 0 Å². The fourth-order valence-corrected chi connectivity index (χ4v) is 3.56. The summed E-state index contributed by atoms with van der Waals surface area (Å²) in [7, 11) is 1.59. The summed E-state index contributed by atoms with van der Waals surface area (Å²) in [6.07, 6.45) is 5.13. The number of pyridine rings is 1. The number of methoxy groups -OCH3 is 1. The third-order valence-corrected chi connectivity index (χ3v) is 4.86. The fraction of sp³-hybridized carbons (Fsp3) is 0.158. The van der Waals surface area contributed by atoms with Crippen molar-refractivity contribution in [2.45, 2.75) is 6.92 Å². The number of rotatable bonds is 5. The van der Waals surface area contributed by atoms with Gasteiger partial charge in [0.1, 0.15) is 0 Å². The Labute approximate surface area is 158 Å². The second-order valence-corrected chi connectivity index (χ2v) is 6.63. The number of hydrogen-bond donors (Lipinski definition) is 0. The Bertz CT molecular complexity index is 1200. The van der Waals surface area contributed by atoms with Crippen molar-refractivity contribution in [3.8, 4) is 22.9 Å². The molecular formula is C19H16N4O3S. The maximum Gasteiger partial charge on any atom is 0.291 e. The molecule has 3 heterocycles. The number of benzene rings is 1. The van der Waals surface area contributed by atoms with Gasteiger partial charge in [0.15, 0.2) is 17.3 Å². The molecule has 0 aliphatic heterocycles. The Kier molecular flexibility index (Phi) is 4.55. The van der Waals surface area contributed by atoms with E-state index in [2.05, 4.69) is 15.1 Å². The molecule has 7 nitrogen and oxygen atoms in total. The van der Waals surface area contributed by atoms with Gasteiger partial charge in [0.05, 0.1) is 18.2 Å². The van der Waals surface area contributed by atoms with Crippen LogP contribution >= 0.6 is 11.3 Å². The summed E-state index contributed by atoms with van der Waals surface area (Å²) in [5.74, 6) is 1.80. The largest absolute Gasteiger partial charge is 0.493 e. The van der Waals surface area contributed by atoms with Gasteiger partial charge in [0.25, 0.3) is 5.56 Å². The van der Waals surface area contributed by atoms with Crippen molar-refractivity contribution in [2.24, 2.45) is 0 Å². The maximum absolute atomic E-state index is 12.7. The van der Waals surface area contributed by atoms with E-state index >= 15 is 0 Å². The summed E-state index contributed by atoms with van der Waals surface area (Å²) in [6.45, 7) is 2.47. The van der Waals surface area contributed by atoms with Crippen LogP contribution < -0.4 is 19.6 Å². The van der Waals surface area contributed by atoms with Crippen LogP contribution in [0, 0.1) is 0 Å². The van der Waals surface area contributed by atoms with Crippen molar-refractivity contribution in [1.29, 1.82) is 0 Å². The fourth-order valence-electron chi connectivity index (χ4n) is 2.66. The van der Waals surface area contributed by atoms with Crippen LogP contribution in [0.2, 0.25) is 0 Å². The number of hydrogen-bond acceptors (Lipinski definition) is 7. The molecule has 4 aromatic rings. The monoisotopic (exact) mass is 380 g/mol. The Hall–Kier alpha value is -3.26. The minimum atomic E-state index is -0.198. The van der Waals surface area contributed by atoms with E-state index in [1.807, 2.05) is 37.3 Å². The van der Waals surface area contributed by atoms with E-state index in [1.54, 1.807) is 25.6 Å². The highest BCUT2D eigenvalue weighted by atomic mass is 32.1. The Balaban J connectivity index is 1.75. The van der Waals surface area contributed by atoms with Crippen LogP contribution in [0.3, 0.4) is 0 Å². The Morgan fingerprint density at radius 3 is 2.70 bits per heavy atom. The van der Waals surface area contributed by atoms with E-state index < -0.39 is 0 Å². The Morgan fingerprint density at radius 2 is 2.00 bits per heavy atom. The molecule has 0 fully saturated rings. The third kappa shape index (κ3) is 3.26. The molecule has 0 spiro atoms. The van der Waals surface area contributed by atoms with Crippen molar-refractivity contribution >= 4 is 22.4 Å². The van der Waals surface area contributed by atoms with Gasteiger partial charge in [0, 0.05) is 18.0 Å². The SMILES string of the molecule is CCOc1ccc(/C=c2\sc3nc(-c4ccncc4)nn3c2=O)cc1OC. The Morgan fingerprint density at radius 1 is 1.19 bits per heavy atom. The summed E-state index contributed by atoms with van der Waals surface area (Å²) in [4.78, 5) is 21.7. The minimum Gasteiger partial charge on any atom is -0.493 e. The van der Waals surface area contributed by atoms with Gasteiger partial charge in [-0.25, -0.2) is 0 Å². The zero-order valence-corrected chi connectivity index (χ0v) is 15.6. The van der Waals surface area contributed by atoms with Gasteiger partial charge < -0.3 is 9.47 Å². The molecule has 0 saturated carbocycles. The maximum atomic E-state index is 12.7. The molecule has 0 atom stereocenters. The zero-order chi connectivity index (χ0) is 18.8. The molecule has 0 aliphatic carbocycles. The van der Waals surface area contributed by atoms with E-state index in [1.165, 1.54) is 15.9 Å². The molecule has 3 aromatic heterocycles. The molecule has 0 radical (unpaired) electrons. The quantitative estimate of drug-likeness (QED) is 0.528. The first kappa shape index (κ1) is 17.2. The lowest BCUT2D eigenvalue weighted by molar-refractivity contribution is 0.311. The van der Waals surface area contributed by atoms with Crippen LogP contribution in [0.4, 0.5) is 0 Å². The zero-order valence-electron chi connectivity index (χ0n) is 14.7. The van der Waals surface area contributed by atoms with Crippen LogP contribution in [0.15, 0.2) is 47.5 Å². The van der Waals surface area contributed by atoms with Gasteiger partial charge >= 0.3 is 0 Å². The first-order chi connectivity index (χ1) is 13.2. The van der Waals surface area contributed by atoms with Gasteiger partial charge in [-0.2, -0.15) is 9.50 Å².